The smallest absolute Gasteiger partial charge is 0.264 e. The molecule has 0 saturated heterocycles. The number of anilines is 1. The summed E-state index contributed by atoms with van der Waals surface area (Å²) in [5.74, 6) is -0.232. The number of carbonyl (C=O) groups is 2. The van der Waals surface area contributed by atoms with E-state index in [0.717, 1.165) is 15.4 Å². The van der Waals surface area contributed by atoms with Gasteiger partial charge in [-0.2, -0.15) is 0 Å². The first-order chi connectivity index (χ1) is 19.5. The van der Waals surface area contributed by atoms with Crippen molar-refractivity contribution >= 4 is 39.1 Å². The number of carbonyl (C=O) groups excluding carboxylic acids is 2. The molecule has 2 amide bonds. The van der Waals surface area contributed by atoms with Crippen LogP contribution in [0.2, 0.25) is 5.02 Å². The molecule has 3 aromatic rings. The van der Waals surface area contributed by atoms with Gasteiger partial charge in [0.15, 0.2) is 0 Å². The number of benzene rings is 3. The Kier molecular flexibility index (Phi) is 11.2. The molecule has 0 aliphatic heterocycles. The molecule has 0 aliphatic rings. The van der Waals surface area contributed by atoms with Gasteiger partial charge in [-0.3, -0.25) is 13.9 Å². The molecule has 41 heavy (non-hydrogen) atoms. The van der Waals surface area contributed by atoms with E-state index in [-0.39, 0.29) is 29.1 Å². The van der Waals surface area contributed by atoms with Gasteiger partial charge < -0.3 is 15.0 Å². The van der Waals surface area contributed by atoms with Crippen molar-refractivity contribution in [3.63, 3.8) is 0 Å². The number of aryl methyl sites for hydroxylation is 1. The average Bonchev–Trinajstić information content (AvgIpc) is 2.92. The Morgan fingerprint density at radius 3 is 2.20 bits per heavy atom. The van der Waals surface area contributed by atoms with Crippen molar-refractivity contribution in [2.75, 3.05) is 17.5 Å². The van der Waals surface area contributed by atoms with E-state index in [1.54, 1.807) is 24.3 Å². The molecule has 0 fully saturated rings. The molecule has 1 atom stereocenters. The molecule has 0 radical (unpaired) electrons. The van der Waals surface area contributed by atoms with Gasteiger partial charge in [-0.15, -0.1) is 0 Å². The van der Waals surface area contributed by atoms with Crippen molar-refractivity contribution in [2.24, 2.45) is 0 Å². The van der Waals surface area contributed by atoms with Crippen LogP contribution in [0.5, 0.6) is 5.75 Å². The molecule has 1 N–H and O–H groups in total. The molecule has 0 heterocycles. The van der Waals surface area contributed by atoms with E-state index in [1.165, 1.54) is 29.2 Å². The lowest BCUT2D eigenvalue weighted by atomic mass is 10.1. The number of sulfonamides is 1. The van der Waals surface area contributed by atoms with Gasteiger partial charge in [0.1, 0.15) is 18.3 Å². The lowest BCUT2D eigenvalue weighted by Gasteiger charge is -2.33. The van der Waals surface area contributed by atoms with Gasteiger partial charge in [-0.1, -0.05) is 48.4 Å². The fourth-order valence-corrected chi connectivity index (χ4v) is 5.99. The second-order valence-corrected chi connectivity index (χ2v) is 12.3. The molecule has 3 aromatic carbocycles. The Hall–Kier alpha value is -3.56. The van der Waals surface area contributed by atoms with Crippen LogP contribution in [-0.4, -0.2) is 50.4 Å². The minimum absolute atomic E-state index is 0.0154. The van der Waals surface area contributed by atoms with E-state index in [2.05, 4.69) is 5.32 Å². The molecule has 0 saturated carbocycles. The summed E-state index contributed by atoms with van der Waals surface area (Å²) >= 11 is 6.01. The van der Waals surface area contributed by atoms with E-state index in [9.17, 15) is 18.0 Å². The summed E-state index contributed by atoms with van der Waals surface area (Å²) in [5, 5.41) is 3.29. The monoisotopic (exact) mass is 599 g/mol. The van der Waals surface area contributed by atoms with Crippen LogP contribution in [0.4, 0.5) is 5.69 Å². The van der Waals surface area contributed by atoms with Gasteiger partial charge in [0, 0.05) is 17.6 Å². The lowest BCUT2D eigenvalue weighted by Crippen LogP contribution is -2.53. The molecule has 0 unspecified atom stereocenters. The van der Waals surface area contributed by atoms with Crippen LogP contribution < -0.4 is 14.4 Å². The Morgan fingerprint density at radius 2 is 1.63 bits per heavy atom. The first kappa shape index (κ1) is 32.0. The fraction of sp³-hybridized carbons (Fsp3) is 0.355. The quantitative estimate of drug-likeness (QED) is 0.277. The molecule has 0 aromatic heterocycles. The molecule has 220 valence electrons. The van der Waals surface area contributed by atoms with Gasteiger partial charge in [-0.05, 0) is 88.2 Å². The minimum Gasteiger partial charge on any atom is -0.494 e. The van der Waals surface area contributed by atoms with E-state index in [4.69, 9.17) is 16.3 Å². The molecule has 3 rings (SSSR count). The minimum atomic E-state index is -4.19. The number of halogens is 1. The third-order valence-corrected chi connectivity index (χ3v) is 8.41. The SMILES string of the molecule is CCOc1ccc(N(CC(=O)N(Cc2cccc(C)c2)[C@H](CC)C(=O)NC(C)C)S(=O)(=O)c2ccc(Cl)cc2)cc1. The normalized spacial score (nSPS) is 12.1. The molecule has 10 heteroatoms. The third kappa shape index (κ3) is 8.47. The van der Waals surface area contributed by atoms with E-state index in [1.807, 2.05) is 58.9 Å². The molecule has 0 aliphatic carbocycles. The molecular weight excluding hydrogens is 562 g/mol. The second-order valence-electron chi connectivity index (χ2n) is 9.99. The van der Waals surface area contributed by atoms with Gasteiger partial charge in [0.2, 0.25) is 11.8 Å². The van der Waals surface area contributed by atoms with Crippen molar-refractivity contribution in [3.8, 4) is 5.75 Å². The number of hydrogen-bond donors (Lipinski definition) is 1. The number of nitrogens with one attached hydrogen (secondary N) is 1. The van der Waals surface area contributed by atoms with Gasteiger partial charge in [0.25, 0.3) is 10.0 Å². The van der Waals surface area contributed by atoms with E-state index in [0.29, 0.717) is 23.8 Å². The summed E-state index contributed by atoms with van der Waals surface area (Å²) < 4.78 is 34.5. The number of rotatable bonds is 13. The number of hydrogen-bond acceptors (Lipinski definition) is 5. The zero-order chi connectivity index (χ0) is 30.2. The number of amides is 2. The maximum atomic E-state index is 14.1. The van der Waals surface area contributed by atoms with Gasteiger partial charge in [-0.25, -0.2) is 8.42 Å². The molecular formula is C31H38ClN3O5S. The Morgan fingerprint density at radius 1 is 0.976 bits per heavy atom. The summed E-state index contributed by atoms with van der Waals surface area (Å²) in [6.45, 7) is 9.41. The first-order valence-electron chi connectivity index (χ1n) is 13.6. The topological polar surface area (TPSA) is 96.0 Å². The lowest BCUT2D eigenvalue weighted by molar-refractivity contribution is -0.140. The van der Waals surface area contributed by atoms with Crippen molar-refractivity contribution in [3.05, 3.63) is 88.9 Å². The van der Waals surface area contributed by atoms with E-state index < -0.39 is 28.5 Å². The summed E-state index contributed by atoms with van der Waals surface area (Å²) in [6, 6.07) is 19.0. The van der Waals surface area contributed by atoms with Crippen molar-refractivity contribution in [1.82, 2.24) is 10.2 Å². The highest BCUT2D eigenvalue weighted by Gasteiger charge is 2.34. The average molecular weight is 600 g/mol. The van der Waals surface area contributed by atoms with Gasteiger partial charge in [0.05, 0.1) is 17.2 Å². The van der Waals surface area contributed by atoms with Crippen LogP contribution >= 0.6 is 11.6 Å². The van der Waals surface area contributed by atoms with Crippen LogP contribution in [0.15, 0.2) is 77.7 Å². The highest BCUT2D eigenvalue weighted by atomic mass is 35.5. The largest absolute Gasteiger partial charge is 0.494 e. The summed E-state index contributed by atoms with van der Waals surface area (Å²) in [5.41, 5.74) is 2.13. The first-order valence-corrected chi connectivity index (χ1v) is 15.4. The number of ether oxygens (including phenoxy) is 1. The second kappa shape index (κ2) is 14.4. The summed E-state index contributed by atoms with van der Waals surface area (Å²) in [4.78, 5) is 28.8. The Balaban J connectivity index is 2.07. The van der Waals surface area contributed by atoms with Crippen LogP contribution in [0.25, 0.3) is 0 Å². The molecule has 0 spiro atoms. The zero-order valence-corrected chi connectivity index (χ0v) is 25.7. The maximum Gasteiger partial charge on any atom is 0.264 e. The van der Waals surface area contributed by atoms with Crippen molar-refractivity contribution < 1.29 is 22.7 Å². The highest BCUT2D eigenvalue weighted by molar-refractivity contribution is 7.92. The van der Waals surface area contributed by atoms with Crippen molar-refractivity contribution in [2.45, 2.75) is 64.6 Å². The maximum absolute atomic E-state index is 14.1. The number of nitrogens with zero attached hydrogens (tertiary/aromatic N) is 2. The standard InChI is InChI=1S/C31H38ClN3O5S/c1-6-29(31(37)33-22(3)4)34(20-24-10-8-9-23(5)19-24)30(36)21-35(26-13-15-27(16-14-26)40-7-2)41(38,39)28-17-11-25(32)12-18-28/h8-19,22,29H,6-7,20-21H2,1-5H3,(H,33,37)/t29-/m1/s1. The summed E-state index contributed by atoms with van der Waals surface area (Å²) in [6.07, 6.45) is 0.350. The van der Waals surface area contributed by atoms with Gasteiger partial charge >= 0.3 is 0 Å². The van der Waals surface area contributed by atoms with Crippen LogP contribution in [0.3, 0.4) is 0 Å². The van der Waals surface area contributed by atoms with E-state index >= 15 is 0 Å². The van der Waals surface area contributed by atoms with Crippen LogP contribution in [0.1, 0.15) is 45.2 Å². The Labute approximate surface area is 248 Å². The molecule has 0 bridgehead atoms. The molecule has 8 nitrogen and oxygen atoms in total. The highest BCUT2D eigenvalue weighted by Crippen LogP contribution is 2.27. The van der Waals surface area contributed by atoms with Crippen molar-refractivity contribution in [1.29, 1.82) is 0 Å². The predicted molar refractivity (Wildman–Crippen MR) is 163 cm³/mol. The summed E-state index contributed by atoms with van der Waals surface area (Å²) in [7, 11) is -4.19. The third-order valence-electron chi connectivity index (χ3n) is 6.37. The fourth-order valence-electron chi connectivity index (χ4n) is 4.45. The Bertz CT molecular complexity index is 1430. The van der Waals surface area contributed by atoms with Crippen LogP contribution in [-0.2, 0) is 26.2 Å². The van der Waals surface area contributed by atoms with Crippen LogP contribution in [0, 0.1) is 6.92 Å². The predicted octanol–water partition coefficient (Wildman–Crippen LogP) is 5.57. The zero-order valence-electron chi connectivity index (χ0n) is 24.1.